The molecule has 2 aliphatic rings. The highest BCUT2D eigenvalue weighted by Crippen LogP contribution is 2.30. The summed E-state index contributed by atoms with van der Waals surface area (Å²) in [5.74, 6) is 0.0646. The van der Waals surface area contributed by atoms with E-state index in [9.17, 15) is 19.7 Å². The quantitative estimate of drug-likeness (QED) is 0.618. The maximum absolute atomic E-state index is 12.8. The van der Waals surface area contributed by atoms with Gasteiger partial charge in [0.2, 0.25) is 5.91 Å². The van der Waals surface area contributed by atoms with Gasteiger partial charge in [-0.25, -0.2) is 4.79 Å². The van der Waals surface area contributed by atoms with Crippen molar-refractivity contribution in [2.24, 2.45) is 0 Å². The number of nitro benzene ring substituents is 1. The molecule has 0 saturated carbocycles. The summed E-state index contributed by atoms with van der Waals surface area (Å²) in [6.45, 7) is 2.56. The standard InChI is InChI=1S/C21H23N5O4/c27-20-10-5-11-25(20)17-7-2-1-6-16(17)22-21(28)24-14-12-23(13-15-24)18-8-3-4-9-19(18)26(29)30/h1-4,6-9H,5,10-15H2,(H,22,28). The Bertz CT molecular complexity index is 971. The lowest BCUT2D eigenvalue weighted by Crippen LogP contribution is -2.50. The summed E-state index contributed by atoms with van der Waals surface area (Å²) < 4.78 is 0. The third-order valence-corrected chi connectivity index (χ3v) is 5.50. The second kappa shape index (κ2) is 8.40. The normalized spacial score (nSPS) is 16.7. The molecule has 2 aliphatic heterocycles. The predicted octanol–water partition coefficient (Wildman–Crippen LogP) is 3.08. The molecule has 2 aromatic carbocycles. The van der Waals surface area contributed by atoms with Crippen molar-refractivity contribution in [1.82, 2.24) is 4.90 Å². The van der Waals surface area contributed by atoms with Crippen LogP contribution in [-0.2, 0) is 4.79 Å². The van der Waals surface area contributed by atoms with Crippen LogP contribution >= 0.6 is 0 Å². The van der Waals surface area contributed by atoms with E-state index in [1.807, 2.05) is 23.1 Å². The zero-order valence-corrected chi connectivity index (χ0v) is 16.5. The molecule has 0 bridgehead atoms. The first kappa shape index (κ1) is 19.7. The zero-order chi connectivity index (χ0) is 21.1. The van der Waals surface area contributed by atoms with Gasteiger partial charge in [0, 0.05) is 45.2 Å². The maximum Gasteiger partial charge on any atom is 0.322 e. The van der Waals surface area contributed by atoms with Gasteiger partial charge in [0.05, 0.1) is 16.3 Å². The Morgan fingerprint density at radius 2 is 1.60 bits per heavy atom. The molecule has 4 rings (SSSR count). The number of para-hydroxylation sites is 4. The molecule has 0 aliphatic carbocycles. The monoisotopic (exact) mass is 409 g/mol. The molecule has 1 N–H and O–H groups in total. The van der Waals surface area contributed by atoms with Gasteiger partial charge in [-0.3, -0.25) is 14.9 Å². The van der Waals surface area contributed by atoms with Crippen LogP contribution in [0.25, 0.3) is 0 Å². The van der Waals surface area contributed by atoms with Crippen LogP contribution < -0.4 is 15.1 Å². The van der Waals surface area contributed by atoms with Gasteiger partial charge in [0.25, 0.3) is 5.69 Å². The first-order valence-corrected chi connectivity index (χ1v) is 9.98. The van der Waals surface area contributed by atoms with Crippen molar-refractivity contribution in [3.8, 4) is 0 Å². The van der Waals surface area contributed by atoms with E-state index >= 15 is 0 Å². The minimum Gasteiger partial charge on any atom is -0.362 e. The Morgan fingerprint density at radius 3 is 2.27 bits per heavy atom. The van der Waals surface area contributed by atoms with Crippen molar-refractivity contribution < 1.29 is 14.5 Å². The number of nitrogens with one attached hydrogen (secondary N) is 1. The van der Waals surface area contributed by atoms with Crippen LogP contribution in [0.4, 0.5) is 27.5 Å². The number of rotatable bonds is 4. The molecule has 2 fully saturated rings. The van der Waals surface area contributed by atoms with Crippen molar-refractivity contribution in [3.63, 3.8) is 0 Å². The number of anilines is 3. The van der Waals surface area contributed by atoms with E-state index in [1.54, 1.807) is 34.1 Å². The zero-order valence-electron chi connectivity index (χ0n) is 16.5. The molecular weight excluding hydrogens is 386 g/mol. The fourth-order valence-corrected chi connectivity index (χ4v) is 3.95. The molecule has 2 aromatic rings. The van der Waals surface area contributed by atoms with E-state index in [2.05, 4.69) is 5.32 Å². The molecule has 2 saturated heterocycles. The van der Waals surface area contributed by atoms with Crippen molar-refractivity contribution in [3.05, 3.63) is 58.6 Å². The molecule has 3 amide bonds. The number of nitrogens with zero attached hydrogens (tertiary/aromatic N) is 4. The van der Waals surface area contributed by atoms with Gasteiger partial charge in [0.1, 0.15) is 5.69 Å². The summed E-state index contributed by atoms with van der Waals surface area (Å²) >= 11 is 0. The first-order chi connectivity index (χ1) is 14.5. The van der Waals surface area contributed by atoms with E-state index in [1.165, 1.54) is 6.07 Å². The van der Waals surface area contributed by atoms with Crippen LogP contribution in [0.1, 0.15) is 12.8 Å². The summed E-state index contributed by atoms with van der Waals surface area (Å²) in [5.41, 5.74) is 1.96. The van der Waals surface area contributed by atoms with Gasteiger partial charge in [-0.15, -0.1) is 0 Å². The van der Waals surface area contributed by atoms with Crippen LogP contribution in [0.15, 0.2) is 48.5 Å². The Kier molecular flexibility index (Phi) is 5.51. The molecule has 0 atom stereocenters. The van der Waals surface area contributed by atoms with Crippen molar-refractivity contribution in [2.45, 2.75) is 12.8 Å². The summed E-state index contributed by atoms with van der Waals surface area (Å²) in [6.07, 6.45) is 1.34. The van der Waals surface area contributed by atoms with Crippen LogP contribution in [0.5, 0.6) is 0 Å². The Labute approximate surface area is 174 Å². The summed E-state index contributed by atoms with van der Waals surface area (Å²) in [4.78, 5) is 41.2. The van der Waals surface area contributed by atoms with Gasteiger partial charge in [-0.05, 0) is 24.6 Å². The SMILES string of the molecule is O=C(Nc1ccccc1N1CCCC1=O)N1CCN(c2ccccc2[N+](=O)[O-])CC1. The van der Waals surface area contributed by atoms with Crippen LogP contribution in [0, 0.1) is 10.1 Å². The molecule has 0 unspecified atom stereocenters. The number of benzene rings is 2. The molecule has 0 spiro atoms. The number of hydrogen-bond acceptors (Lipinski definition) is 5. The molecule has 9 nitrogen and oxygen atoms in total. The molecule has 30 heavy (non-hydrogen) atoms. The second-order valence-electron chi connectivity index (χ2n) is 7.32. The highest BCUT2D eigenvalue weighted by atomic mass is 16.6. The molecule has 0 radical (unpaired) electrons. The van der Waals surface area contributed by atoms with Gasteiger partial charge in [-0.2, -0.15) is 0 Å². The Morgan fingerprint density at radius 1 is 0.933 bits per heavy atom. The van der Waals surface area contributed by atoms with E-state index in [0.717, 1.165) is 6.42 Å². The summed E-state index contributed by atoms with van der Waals surface area (Å²) in [5, 5.41) is 14.2. The Balaban J connectivity index is 1.42. The fraction of sp³-hybridized carbons (Fsp3) is 0.333. The van der Waals surface area contributed by atoms with Crippen molar-refractivity contribution in [1.29, 1.82) is 0 Å². The number of carbonyl (C=O) groups is 2. The molecule has 2 heterocycles. The average Bonchev–Trinajstić information content (AvgIpc) is 3.20. The number of nitro groups is 1. The number of hydrogen-bond donors (Lipinski definition) is 1. The smallest absolute Gasteiger partial charge is 0.322 e. The van der Waals surface area contributed by atoms with E-state index in [-0.39, 0.29) is 22.5 Å². The minimum atomic E-state index is -0.384. The number of carbonyl (C=O) groups excluding carboxylic acids is 2. The Hall–Kier alpha value is -3.62. The fourth-order valence-electron chi connectivity index (χ4n) is 3.95. The number of urea groups is 1. The van der Waals surface area contributed by atoms with E-state index < -0.39 is 0 Å². The molecule has 9 heteroatoms. The lowest BCUT2D eigenvalue weighted by Gasteiger charge is -2.36. The highest BCUT2D eigenvalue weighted by Gasteiger charge is 2.27. The lowest BCUT2D eigenvalue weighted by molar-refractivity contribution is -0.384. The number of amides is 3. The topological polar surface area (TPSA) is 99.0 Å². The van der Waals surface area contributed by atoms with Gasteiger partial charge in [0.15, 0.2) is 0 Å². The number of piperazine rings is 1. The van der Waals surface area contributed by atoms with Gasteiger partial charge >= 0.3 is 6.03 Å². The molecule has 156 valence electrons. The first-order valence-electron chi connectivity index (χ1n) is 9.98. The van der Waals surface area contributed by atoms with Gasteiger partial charge < -0.3 is 20.0 Å². The maximum atomic E-state index is 12.8. The predicted molar refractivity (Wildman–Crippen MR) is 114 cm³/mol. The highest BCUT2D eigenvalue weighted by molar-refractivity contribution is 6.01. The summed E-state index contributed by atoms with van der Waals surface area (Å²) in [6, 6.07) is 13.7. The van der Waals surface area contributed by atoms with Gasteiger partial charge in [-0.1, -0.05) is 24.3 Å². The van der Waals surface area contributed by atoms with Crippen LogP contribution in [0.2, 0.25) is 0 Å². The molecule has 0 aromatic heterocycles. The lowest BCUT2D eigenvalue weighted by atomic mass is 10.2. The van der Waals surface area contributed by atoms with Crippen molar-refractivity contribution in [2.75, 3.05) is 47.8 Å². The third-order valence-electron chi connectivity index (χ3n) is 5.50. The largest absolute Gasteiger partial charge is 0.362 e. The third kappa shape index (κ3) is 3.91. The average molecular weight is 409 g/mol. The minimum absolute atomic E-state index is 0.0646. The summed E-state index contributed by atoms with van der Waals surface area (Å²) in [7, 11) is 0. The van der Waals surface area contributed by atoms with Crippen LogP contribution in [-0.4, -0.2) is 54.5 Å². The molecular formula is C21H23N5O4. The second-order valence-corrected chi connectivity index (χ2v) is 7.32. The van der Waals surface area contributed by atoms with Crippen molar-refractivity contribution >= 4 is 34.7 Å². The van der Waals surface area contributed by atoms with E-state index in [4.69, 9.17) is 0 Å². The van der Waals surface area contributed by atoms with E-state index in [0.29, 0.717) is 56.2 Å². The van der Waals surface area contributed by atoms with Crippen LogP contribution in [0.3, 0.4) is 0 Å².